The number of nitrogens with one attached hydrogen (secondary N) is 2. The molecule has 1 saturated heterocycles. The van der Waals surface area contributed by atoms with E-state index >= 15 is 0 Å². The van der Waals surface area contributed by atoms with Crippen molar-refractivity contribution in [3.63, 3.8) is 0 Å². The van der Waals surface area contributed by atoms with E-state index < -0.39 is 0 Å². The number of piperidine rings is 1. The summed E-state index contributed by atoms with van der Waals surface area (Å²) in [6.45, 7) is 2.83. The summed E-state index contributed by atoms with van der Waals surface area (Å²) in [4.78, 5) is 17.6. The van der Waals surface area contributed by atoms with Gasteiger partial charge in [0.05, 0.1) is 4.88 Å². The predicted octanol–water partition coefficient (Wildman–Crippen LogP) is 3.44. The third kappa shape index (κ3) is 4.93. The van der Waals surface area contributed by atoms with Crippen molar-refractivity contribution in [1.29, 1.82) is 0 Å². The van der Waals surface area contributed by atoms with Crippen molar-refractivity contribution in [2.24, 2.45) is 5.92 Å². The van der Waals surface area contributed by atoms with E-state index in [1.165, 1.54) is 24.2 Å². The number of hydrogen-bond donors (Lipinski definition) is 2. The van der Waals surface area contributed by atoms with Crippen LogP contribution < -0.4 is 10.6 Å². The fraction of sp³-hybridized carbons (Fsp3) is 0.429. The van der Waals surface area contributed by atoms with Crippen LogP contribution in [0.3, 0.4) is 0 Å². The maximum Gasteiger partial charge on any atom is 0.270 e. The summed E-state index contributed by atoms with van der Waals surface area (Å²) in [5, 5.41) is 11.1. The van der Waals surface area contributed by atoms with Gasteiger partial charge < -0.3 is 10.6 Å². The van der Waals surface area contributed by atoms with Crippen molar-refractivity contribution in [2.75, 3.05) is 19.6 Å². The zero-order valence-electron chi connectivity index (χ0n) is 11.9. The molecule has 0 bridgehead atoms. The second kappa shape index (κ2) is 9.47. The van der Waals surface area contributed by atoms with Gasteiger partial charge in [0.2, 0.25) is 0 Å². The highest BCUT2D eigenvalue weighted by atomic mass is 35.5. The summed E-state index contributed by atoms with van der Waals surface area (Å²) in [6, 6.07) is 4.02. The maximum atomic E-state index is 12.1. The molecule has 0 radical (unpaired) electrons. The second-order valence-corrected chi connectivity index (χ2v) is 6.74. The number of aromatic nitrogens is 1. The van der Waals surface area contributed by atoms with Gasteiger partial charge in [-0.1, -0.05) is 6.07 Å². The van der Waals surface area contributed by atoms with E-state index in [-0.39, 0.29) is 30.7 Å². The van der Waals surface area contributed by atoms with Crippen molar-refractivity contribution in [3.05, 3.63) is 28.6 Å². The Hall–Kier alpha value is -0.660. The fourth-order valence-electron chi connectivity index (χ4n) is 2.32. The van der Waals surface area contributed by atoms with Crippen LogP contribution in [-0.2, 0) is 0 Å². The predicted molar refractivity (Wildman–Crippen MR) is 97.8 cm³/mol. The van der Waals surface area contributed by atoms with E-state index in [1.807, 2.05) is 22.9 Å². The van der Waals surface area contributed by atoms with Gasteiger partial charge in [0.15, 0.2) is 0 Å². The first-order valence-corrected chi connectivity index (χ1v) is 8.57. The first-order valence-electron chi connectivity index (χ1n) is 6.81. The topological polar surface area (TPSA) is 54.0 Å². The molecule has 2 N–H and O–H groups in total. The highest BCUT2D eigenvalue weighted by Crippen LogP contribution is 2.27. The molecule has 3 rings (SSSR count). The minimum absolute atomic E-state index is 0. The molecule has 1 unspecified atom stereocenters. The fourth-order valence-corrected chi connectivity index (χ4v) is 3.93. The Morgan fingerprint density at radius 1 is 1.41 bits per heavy atom. The van der Waals surface area contributed by atoms with Crippen molar-refractivity contribution >= 4 is 53.4 Å². The van der Waals surface area contributed by atoms with Crippen molar-refractivity contribution in [3.8, 4) is 9.88 Å². The van der Waals surface area contributed by atoms with Crippen LogP contribution >= 0.6 is 47.5 Å². The number of rotatable bonds is 4. The van der Waals surface area contributed by atoms with Gasteiger partial charge in [-0.25, -0.2) is 4.98 Å². The Morgan fingerprint density at radius 2 is 2.27 bits per heavy atom. The van der Waals surface area contributed by atoms with Crippen LogP contribution in [0.25, 0.3) is 9.88 Å². The van der Waals surface area contributed by atoms with Crippen LogP contribution in [0.2, 0.25) is 0 Å². The van der Waals surface area contributed by atoms with Gasteiger partial charge in [-0.3, -0.25) is 4.79 Å². The molecule has 1 aliphatic rings. The number of nitrogens with zero attached hydrogens (tertiary/aromatic N) is 1. The molecule has 8 heteroatoms. The molecule has 4 nitrogen and oxygen atoms in total. The van der Waals surface area contributed by atoms with Gasteiger partial charge in [-0.15, -0.1) is 47.5 Å². The zero-order chi connectivity index (χ0) is 13.8. The van der Waals surface area contributed by atoms with E-state index in [9.17, 15) is 4.79 Å². The second-order valence-electron chi connectivity index (χ2n) is 4.94. The van der Waals surface area contributed by atoms with Crippen LogP contribution in [0.5, 0.6) is 0 Å². The number of thiazole rings is 1. The lowest BCUT2D eigenvalue weighted by molar-refractivity contribution is 0.0940. The summed E-state index contributed by atoms with van der Waals surface area (Å²) in [6.07, 6.45) is 2.38. The Bertz CT molecular complexity index is 568. The van der Waals surface area contributed by atoms with Gasteiger partial charge in [-0.2, -0.15) is 0 Å². The average molecular weight is 380 g/mol. The van der Waals surface area contributed by atoms with Crippen LogP contribution in [0, 0.1) is 5.92 Å². The van der Waals surface area contributed by atoms with E-state index in [4.69, 9.17) is 0 Å². The molecule has 2 aromatic heterocycles. The zero-order valence-corrected chi connectivity index (χ0v) is 15.2. The van der Waals surface area contributed by atoms with Crippen LogP contribution in [0.15, 0.2) is 22.9 Å². The molecule has 0 aliphatic carbocycles. The Labute approximate surface area is 150 Å². The van der Waals surface area contributed by atoms with Gasteiger partial charge in [0.25, 0.3) is 5.91 Å². The quantitative estimate of drug-likeness (QED) is 0.854. The Balaban J connectivity index is 0.00000121. The normalized spacial score (nSPS) is 17.2. The SMILES string of the molecule is Cl.Cl.O=C(NCC1CCCNC1)c1csc(-c2cccs2)n1. The molecule has 122 valence electrons. The number of thiophene rings is 1. The van der Waals surface area contributed by atoms with Crippen LogP contribution in [0.4, 0.5) is 0 Å². The summed E-state index contributed by atoms with van der Waals surface area (Å²) in [5.41, 5.74) is 0.530. The summed E-state index contributed by atoms with van der Waals surface area (Å²) in [7, 11) is 0. The molecule has 0 spiro atoms. The summed E-state index contributed by atoms with van der Waals surface area (Å²) < 4.78 is 0. The first kappa shape index (κ1) is 19.4. The molecule has 2 aromatic rings. The van der Waals surface area contributed by atoms with Gasteiger partial charge in [0.1, 0.15) is 10.7 Å². The van der Waals surface area contributed by atoms with Gasteiger partial charge >= 0.3 is 0 Å². The summed E-state index contributed by atoms with van der Waals surface area (Å²) >= 11 is 3.17. The highest BCUT2D eigenvalue weighted by molar-refractivity contribution is 7.20. The molecule has 0 aromatic carbocycles. The van der Waals surface area contributed by atoms with E-state index in [0.717, 1.165) is 29.5 Å². The van der Waals surface area contributed by atoms with E-state index in [2.05, 4.69) is 15.6 Å². The molecule has 1 atom stereocenters. The van der Waals surface area contributed by atoms with E-state index in [1.54, 1.807) is 11.3 Å². The minimum atomic E-state index is -0.0605. The molecular weight excluding hydrogens is 361 g/mol. The molecule has 22 heavy (non-hydrogen) atoms. The molecule has 0 saturated carbocycles. The standard InChI is InChI=1S/C14H17N3OS2.2ClH/c18-13(16-8-10-3-1-5-15-7-10)11-9-20-14(17-11)12-4-2-6-19-12;;/h2,4,6,9-10,15H,1,3,5,7-8H2,(H,16,18);2*1H. The molecule has 1 aliphatic heterocycles. The molecule has 1 fully saturated rings. The number of halogens is 2. The molecule has 3 heterocycles. The molecular formula is C14H19Cl2N3OS2. The summed E-state index contributed by atoms with van der Waals surface area (Å²) in [5.74, 6) is 0.484. The lowest BCUT2D eigenvalue weighted by Crippen LogP contribution is -2.38. The van der Waals surface area contributed by atoms with Gasteiger partial charge in [-0.05, 0) is 43.3 Å². The Morgan fingerprint density at radius 3 is 2.95 bits per heavy atom. The minimum Gasteiger partial charge on any atom is -0.350 e. The number of hydrogen-bond acceptors (Lipinski definition) is 5. The lowest BCUT2D eigenvalue weighted by atomic mass is 10.00. The Kier molecular flexibility index (Phi) is 8.35. The van der Waals surface area contributed by atoms with Crippen LogP contribution in [0.1, 0.15) is 23.3 Å². The third-order valence-corrected chi connectivity index (χ3v) is 5.30. The lowest BCUT2D eigenvalue weighted by Gasteiger charge is -2.22. The maximum absolute atomic E-state index is 12.1. The average Bonchev–Trinajstić information content (AvgIpc) is 3.16. The smallest absolute Gasteiger partial charge is 0.270 e. The van der Waals surface area contributed by atoms with Crippen molar-refractivity contribution in [2.45, 2.75) is 12.8 Å². The monoisotopic (exact) mass is 379 g/mol. The number of carbonyl (C=O) groups is 1. The van der Waals surface area contributed by atoms with Crippen LogP contribution in [-0.4, -0.2) is 30.5 Å². The largest absolute Gasteiger partial charge is 0.350 e. The number of carbonyl (C=O) groups excluding carboxylic acids is 1. The highest BCUT2D eigenvalue weighted by Gasteiger charge is 2.16. The van der Waals surface area contributed by atoms with Crippen molar-refractivity contribution in [1.82, 2.24) is 15.6 Å². The van der Waals surface area contributed by atoms with Crippen molar-refractivity contribution < 1.29 is 4.79 Å². The third-order valence-electron chi connectivity index (χ3n) is 3.42. The number of amides is 1. The van der Waals surface area contributed by atoms with E-state index in [0.29, 0.717) is 11.6 Å². The first-order chi connectivity index (χ1) is 9.83. The molecule has 1 amide bonds. The van der Waals surface area contributed by atoms with Gasteiger partial charge in [0, 0.05) is 11.9 Å².